The molecule has 138 valence electrons. The number of piperidine rings is 2. The summed E-state index contributed by atoms with van der Waals surface area (Å²) >= 11 is 0. The van der Waals surface area contributed by atoms with E-state index in [1.807, 2.05) is 35.2 Å². The minimum Gasteiger partial charge on any atom is -0.342 e. The van der Waals surface area contributed by atoms with Gasteiger partial charge in [-0.25, -0.2) is 8.42 Å². The molecule has 2 aliphatic heterocycles. The van der Waals surface area contributed by atoms with Crippen molar-refractivity contribution < 1.29 is 13.2 Å². The number of amides is 1. The van der Waals surface area contributed by atoms with Crippen LogP contribution >= 0.6 is 0 Å². The number of sulfonamides is 1. The van der Waals surface area contributed by atoms with E-state index in [-0.39, 0.29) is 11.9 Å². The zero-order valence-electron chi connectivity index (χ0n) is 14.9. The minimum absolute atomic E-state index is 0.120. The van der Waals surface area contributed by atoms with E-state index in [1.165, 1.54) is 6.26 Å². The molecule has 0 aromatic heterocycles. The number of hydrogen-bond acceptors (Lipinski definition) is 3. The predicted octanol–water partition coefficient (Wildman–Crippen LogP) is 2.28. The monoisotopic (exact) mass is 364 g/mol. The average Bonchev–Trinajstić information content (AvgIpc) is 2.62. The van der Waals surface area contributed by atoms with Crippen LogP contribution in [-0.4, -0.2) is 55.5 Å². The van der Waals surface area contributed by atoms with Gasteiger partial charge in [0.15, 0.2) is 0 Å². The summed E-state index contributed by atoms with van der Waals surface area (Å²) in [5.41, 5.74) is 1.05. The van der Waals surface area contributed by atoms with Gasteiger partial charge in [0.2, 0.25) is 15.9 Å². The largest absolute Gasteiger partial charge is 0.342 e. The average molecular weight is 365 g/mol. The van der Waals surface area contributed by atoms with Gasteiger partial charge in [-0.2, -0.15) is 4.31 Å². The van der Waals surface area contributed by atoms with Crippen LogP contribution < -0.4 is 0 Å². The van der Waals surface area contributed by atoms with Crippen molar-refractivity contribution in [2.45, 2.75) is 44.6 Å². The molecule has 2 aliphatic rings. The fraction of sp³-hybridized carbons (Fsp3) is 0.632. The molecule has 1 amide bonds. The normalized spacial score (nSPS) is 23.6. The second-order valence-corrected chi connectivity index (χ2v) is 9.25. The molecule has 0 N–H and O–H groups in total. The van der Waals surface area contributed by atoms with Gasteiger partial charge < -0.3 is 4.90 Å². The quantitative estimate of drug-likeness (QED) is 0.824. The fourth-order valence-electron chi connectivity index (χ4n) is 4.23. The molecule has 1 aromatic carbocycles. The van der Waals surface area contributed by atoms with Crippen molar-refractivity contribution in [1.29, 1.82) is 0 Å². The smallest absolute Gasteiger partial charge is 0.226 e. The van der Waals surface area contributed by atoms with Gasteiger partial charge in [0.05, 0.1) is 12.7 Å². The van der Waals surface area contributed by atoms with E-state index < -0.39 is 10.0 Å². The molecule has 0 radical (unpaired) electrons. The molecule has 0 bridgehead atoms. The first-order valence-electron chi connectivity index (χ1n) is 9.23. The third-order valence-corrected chi connectivity index (χ3v) is 6.86. The van der Waals surface area contributed by atoms with Crippen molar-refractivity contribution in [3.63, 3.8) is 0 Å². The molecule has 5 nitrogen and oxygen atoms in total. The maximum atomic E-state index is 12.5. The Morgan fingerprint density at radius 1 is 1.04 bits per heavy atom. The van der Waals surface area contributed by atoms with E-state index in [2.05, 4.69) is 0 Å². The van der Waals surface area contributed by atoms with Crippen LogP contribution in [0.5, 0.6) is 0 Å². The third kappa shape index (κ3) is 4.61. The van der Waals surface area contributed by atoms with Gasteiger partial charge in [0.1, 0.15) is 0 Å². The fourth-order valence-corrected chi connectivity index (χ4v) is 5.46. The van der Waals surface area contributed by atoms with Crippen molar-refractivity contribution in [3.05, 3.63) is 35.9 Å². The summed E-state index contributed by atoms with van der Waals surface area (Å²) < 4.78 is 25.9. The van der Waals surface area contributed by atoms with Crippen molar-refractivity contribution in [3.8, 4) is 0 Å². The molecule has 25 heavy (non-hydrogen) atoms. The van der Waals surface area contributed by atoms with Gasteiger partial charge in [-0.05, 0) is 37.2 Å². The summed E-state index contributed by atoms with van der Waals surface area (Å²) in [5.74, 6) is 0.545. The maximum Gasteiger partial charge on any atom is 0.226 e. The zero-order valence-corrected chi connectivity index (χ0v) is 15.7. The Bertz CT molecular complexity index is 682. The lowest BCUT2D eigenvalue weighted by atomic mass is 9.85. The molecule has 3 rings (SSSR count). The highest BCUT2D eigenvalue weighted by Gasteiger charge is 2.37. The van der Waals surface area contributed by atoms with E-state index in [0.717, 1.165) is 50.8 Å². The molecule has 1 atom stereocenters. The van der Waals surface area contributed by atoms with Gasteiger partial charge in [-0.1, -0.05) is 36.8 Å². The molecule has 0 spiro atoms. The van der Waals surface area contributed by atoms with E-state index in [4.69, 9.17) is 0 Å². The highest BCUT2D eigenvalue weighted by atomic mass is 32.2. The second-order valence-electron chi connectivity index (χ2n) is 7.32. The van der Waals surface area contributed by atoms with Crippen LogP contribution in [0.1, 0.15) is 37.7 Å². The molecule has 2 saturated heterocycles. The number of rotatable bonds is 4. The van der Waals surface area contributed by atoms with Crippen LogP contribution in [0.25, 0.3) is 0 Å². The van der Waals surface area contributed by atoms with E-state index in [1.54, 1.807) is 4.31 Å². The number of benzene rings is 1. The standard InChI is InChI=1S/C19H28N2O3S/c1-25(23,24)21-12-6-5-9-18(21)17-10-13-20(14-11-17)19(22)15-16-7-3-2-4-8-16/h2-4,7-8,17-18H,5-6,9-15H2,1H3/t18-/m1/s1. The topological polar surface area (TPSA) is 57.7 Å². The van der Waals surface area contributed by atoms with Gasteiger partial charge in [0.25, 0.3) is 0 Å². The lowest BCUT2D eigenvalue weighted by Gasteiger charge is -2.42. The molecule has 1 aromatic rings. The van der Waals surface area contributed by atoms with E-state index in [0.29, 0.717) is 18.9 Å². The Hall–Kier alpha value is -1.40. The Balaban J connectivity index is 1.57. The SMILES string of the molecule is CS(=O)(=O)N1CCCC[C@@H]1C1CCN(C(=O)Cc2ccccc2)CC1. The Kier molecular flexibility index (Phi) is 5.79. The Morgan fingerprint density at radius 2 is 1.72 bits per heavy atom. The Morgan fingerprint density at radius 3 is 2.36 bits per heavy atom. The number of carbonyl (C=O) groups excluding carboxylic acids is 1. The van der Waals surface area contributed by atoms with E-state index in [9.17, 15) is 13.2 Å². The van der Waals surface area contributed by atoms with Crippen LogP contribution in [0.3, 0.4) is 0 Å². The van der Waals surface area contributed by atoms with Gasteiger partial charge in [0, 0.05) is 25.7 Å². The predicted molar refractivity (Wildman–Crippen MR) is 98.6 cm³/mol. The van der Waals surface area contributed by atoms with Crippen molar-refractivity contribution in [2.75, 3.05) is 25.9 Å². The second kappa shape index (κ2) is 7.87. The number of hydrogen-bond donors (Lipinski definition) is 0. The number of carbonyl (C=O) groups is 1. The summed E-state index contributed by atoms with van der Waals surface area (Å²) in [5, 5.41) is 0. The summed E-state index contributed by atoms with van der Waals surface area (Å²) in [6.45, 7) is 2.13. The minimum atomic E-state index is -3.14. The van der Waals surface area contributed by atoms with Gasteiger partial charge in [-0.15, -0.1) is 0 Å². The summed E-state index contributed by atoms with van der Waals surface area (Å²) in [7, 11) is -3.14. The van der Waals surface area contributed by atoms with Crippen LogP contribution in [0.2, 0.25) is 0 Å². The number of nitrogens with zero attached hydrogens (tertiary/aromatic N) is 2. The van der Waals surface area contributed by atoms with Gasteiger partial charge >= 0.3 is 0 Å². The summed E-state index contributed by atoms with van der Waals surface area (Å²) in [4.78, 5) is 14.4. The van der Waals surface area contributed by atoms with Crippen molar-refractivity contribution >= 4 is 15.9 Å². The molecule has 2 heterocycles. The molecule has 6 heteroatoms. The highest BCUT2D eigenvalue weighted by molar-refractivity contribution is 7.88. The Labute approximate surface area is 151 Å². The van der Waals surface area contributed by atoms with Crippen molar-refractivity contribution in [1.82, 2.24) is 9.21 Å². The molecule has 0 saturated carbocycles. The zero-order chi connectivity index (χ0) is 17.9. The third-order valence-electron chi connectivity index (χ3n) is 5.56. The van der Waals surface area contributed by atoms with Crippen LogP contribution in [0.4, 0.5) is 0 Å². The summed E-state index contributed by atoms with van der Waals surface area (Å²) in [6.07, 6.45) is 6.58. The van der Waals surface area contributed by atoms with Crippen LogP contribution in [0.15, 0.2) is 30.3 Å². The molecule has 0 aliphatic carbocycles. The molecular weight excluding hydrogens is 336 g/mol. The number of likely N-dealkylation sites (tertiary alicyclic amines) is 1. The lowest BCUT2D eigenvalue weighted by Crippen LogP contribution is -2.50. The molecule has 0 unspecified atom stereocenters. The first kappa shape index (κ1) is 18.4. The van der Waals surface area contributed by atoms with Crippen molar-refractivity contribution in [2.24, 2.45) is 5.92 Å². The molecular formula is C19H28N2O3S. The van der Waals surface area contributed by atoms with E-state index >= 15 is 0 Å². The molecule has 2 fully saturated rings. The van der Waals surface area contributed by atoms with Crippen LogP contribution in [-0.2, 0) is 21.2 Å². The first-order chi connectivity index (χ1) is 11.9. The summed E-state index contributed by atoms with van der Waals surface area (Å²) in [6, 6.07) is 9.95. The van der Waals surface area contributed by atoms with Crippen LogP contribution in [0, 0.1) is 5.92 Å². The highest BCUT2D eigenvalue weighted by Crippen LogP contribution is 2.32. The van der Waals surface area contributed by atoms with Gasteiger partial charge in [-0.3, -0.25) is 4.79 Å². The lowest BCUT2D eigenvalue weighted by molar-refractivity contribution is -0.132. The first-order valence-corrected chi connectivity index (χ1v) is 11.1. The maximum absolute atomic E-state index is 12.5.